The molecule has 0 aliphatic heterocycles. The molecule has 0 radical (unpaired) electrons. The third-order valence-electron chi connectivity index (χ3n) is 1.26. The van der Waals surface area contributed by atoms with Crippen LogP contribution in [-0.4, -0.2) is 17.7 Å². The van der Waals surface area contributed by atoms with Gasteiger partial charge in [0.1, 0.15) is 0 Å². The lowest BCUT2D eigenvalue weighted by molar-refractivity contribution is -0.431. The summed E-state index contributed by atoms with van der Waals surface area (Å²) in [6.45, 7) is 2.72. The van der Waals surface area contributed by atoms with Crippen molar-refractivity contribution in [1.82, 2.24) is 5.32 Å². The number of hydrogen-bond donors (Lipinski definition) is 1. The molecule has 0 atom stereocenters. The van der Waals surface area contributed by atoms with E-state index in [2.05, 4.69) is 5.32 Å². The average molecular weight is 190 g/mol. The second-order valence-corrected chi connectivity index (χ2v) is 2.98. The maximum absolute atomic E-state index is 10.3. The van der Waals surface area contributed by atoms with Gasteiger partial charge in [-0.3, -0.25) is 5.32 Å². The van der Waals surface area contributed by atoms with Crippen LogP contribution < -0.4 is 5.32 Å². The first-order chi connectivity index (χ1) is 5.72. The monoisotopic (exact) mass is 190 g/mol. The van der Waals surface area contributed by atoms with Gasteiger partial charge in [-0.05, 0) is 17.6 Å². The highest BCUT2D eigenvalue weighted by molar-refractivity contribution is 8.01. The summed E-state index contributed by atoms with van der Waals surface area (Å²) in [5.74, 6) is 0.0935. The zero-order valence-electron chi connectivity index (χ0n) is 7.37. The predicted octanol–water partition coefficient (Wildman–Crippen LogP) is 1.81. The Hall–Kier alpha value is -0.710. The molecule has 0 amide bonds. The van der Waals surface area contributed by atoms with Crippen LogP contribution in [0.5, 0.6) is 0 Å². The molecule has 0 aromatic carbocycles. The van der Waals surface area contributed by atoms with Gasteiger partial charge < -0.3 is 10.1 Å². The molecule has 12 heavy (non-hydrogen) atoms. The van der Waals surface area contributed by atoms with E-state index in [4.69, 9.17) is 0 Å². The fraction of sp³-hybridized carbons (Fsp3) is 0.714. The second kappa shape index (κ2) is 6.97. The van der Waals surface area contributed by atoms with Gasteiger partial charge in [-0.25, -0.2) is 0 Å². The lowest BCUT2D eigenvalue weighted by Gasteiger charge is -2.01. The van der Waals surface area contributed by atoms with Crippen molar-refractivity contribution in [3.05, 3.63) is 21.3 Å². The second-order valence-electron chi connectivity index (χ2n) is 2.28. The van der Waals surface area contributed by atoms with Gasteiger partial charge in [0.05, 0.1) is 12.0 Å². The van der Waals surface area contributed by atoms with E-state index in [1.165, 1.54) is 17.2 Å². The van der Waals surface area contributed by atoms with Gasteiger partial charge in [0, 0.05) is 0 Å². The minimum absolute atomic E-state index is 0.0935. The van der Waals surface area contributed by atoms with Gasteiger partial charge in [-0.2, -0.15) is 0 Å². The summed E-state index contributed by atoms with van der Waals surface area (Å²) < 4.78 is 0. The zero-order valence-corrected chi connectivity index (χ0v) is 8.19. The highest BCUT2D eigenvalue weighted by Gasteiger charge is 2.04. The first-order valence-electron chi connectivity index (χ1n) is 3.83. The van der Waals surface area contributed by atoms with Gasteiger partial charge >= 0.3 is 5.82 Å². The van der Waals surface area contributed by atoms with E-state index in [-0.39, 0.29) is 5.82 Å². The van der Waals surface area contributed by atoms with Crippen LogP contribution in [0, 0.1) is 10.1 Å². The van der Waals surface area contributed by atoms with E-state index in [1.807, 2.05) is 6.92 Å². The SMILES string of the molecule is CCCCNC(=CSC)[N+](=O)[O-]. The van der Waals surface area contributed by atoms with Crippen LogP contribution in [0.25, 0.3) is 0 Å². The Labute approximate surface area is 76.6 Å². The number of hydrogen-bond acceptors (Lipinski definition) is 4. The number of unbranched alkanes of at least 4 members (excludes halogenated alkanes) is 1. The summed E-state index contributed by atoms with van der Waals surface area (Å²) in [5.41, 5.74) is 0. The van der Waals surface area contributed by atoms with Gasteiger partial charge in [-0.15, -0.1) is 11.8 Å². The Balaban J connectivity index is 3.81. The first kappa shape index (κ1) is 11.3. The van der Waals surface area contributed by atoms with E-state index in [1.54, 1.807) is 6.26 Å². The lowest BCUT2D eigenvalue weighted by atomic mass is 10.3. The molecule has 0 aromatic heterocycles. The molecule has 0 heterocycles. The summed E-state index contributed by atoms with van der Waals surface area (Å²) in [4.78, 5) is 9.95. The van der Waals surface area contributed by atoms with Gasteiger partial charge in [0.2, 0.25) is 0 Å². The summed E-state index contributed by atoms with van der Waals surface area (Å²) in [6.07, 6.45) is 3.79. The number of rotatable bonds is 6. The smallest absolute Gasteiger partial charge is 0.322 e. The van der Waals surface area contributed by atoms with E-state index < -0.39 is 4.92 Å². The zero-order chi connectivity index (χ0) is 9.40. The lowest BCUT2D eigenvalue weighted by Crippen LogP contribution is -2.20. The number of nitrogens with zero attached hydrogens (tertiary/aromatic N) is 1. The molecular formula is C7H14N2O2S. The molecule has 0 aromatic rings. The Morgan fingerprint density at radius 2 is 2.42 bits per heavy atom. The van der Waals surface area contributed by atoms with Crippen molar-refractivity contribution >= 4 is 11.8 Å². The molecule has 0 aliphatic carbocycles. The van der Waals surface area contributed by atoms with Gasteiger partial charge in [0.15, 0.2) is 0 Å². The van der Waals surface area contributed by atoms with Crippen molar-refractivity contribution in [2.75, 3.05) is 12.8 Å². The maximum Gasteiger partial charge on any atom is 0.322 e. The third kappa shape index (κ3) is 5.01. The largest absolute Gasteiger partial charge is 0.358 e. The maximum atomic E-state index is 10.3. The van der Waals surface area contributed by atoms with E-state index in [0.29, 0.717) is 6.54 Å². The Morgan fingerprint density at radius 1 is 1.75 bits per heavy atom. The predicted molar refractivity (Wildman–Crippen MR) is 51.5 cm³/mol. The van der Waals surface area contributed by atoms with Gasteiger partial charge in [-0.1, -0.05) is 13.3 Å². The molecule has 70 valence electrons. The normalized spacial score (nSPS) is 11.3. The first-order valence-corrected chi connectivity index (χ1v) is 5.12. The quantitative estimate of drug-likeness (QED) is 0.394. The molecule has 0 saturated heterocycles. The molecular weight excluding hydrogens is 176 g/mol. The Kier molecular flexibility index (Phi) is 6.55. The van der Waals surface area contributed by atoms with Crippen LogP contribution in [0.4, 0.5) is 0 Å². The summed E-state index contributed by atoms with van der Waals surface area (Å²) in [7, 11) is 0. The van der Waals surface area contributed by atoms with Crippen molar-refractivity contribution in [1.29, 1.82) is 0 Å². The van der Waals surface area contributed by atoms with Crippen LogP contribution in [0.15, 0.2) is 11.2 Å². The highest BCUT2D eigenvalue weighted by Crippen LogP contribution is 2.00. The van der Waals surface area contributed by atoms with Crippen molar-refractivity contribution in [3.8, 4) is 0 Å². The van der Waals surface area contributed by atoms with E-state index in [0.717, 1.165) is 12.8 Å². The van der Waals surface area contributed by atoms with Crippen molar-refractivity contribution in [2.45, 2.75) is 19.8 Å². The Morgan fingerprint density at radius 3 is 2.83 bits per heavy atom. The van der Waals surface area contributed by atoms with Crippen molar-refractivity contribution in [2.24, 2.45) is 0 Å². The minimum Gasteiger partial charge on any atom is -0.358 e. The average Bonchev–Trinajstić information content (AvgIpc) is 2.03. The Bertz CT molecular complexity index is 171. The fourth-order valence-electron chi connectivity index (χ4n) is 0.654. The third-order valence-corrected chi connectivity index (χ3v) is 1.72. The summed E-state index contributed by atoms with van der Waals surface area (Å²) >= 11 is 1.33. The van der Waals surface area contributed by atoms with Crippen LogP contribution in [-0.2, 0) is 0 Å². The van der Waals surface area contributed by atoms with Crippen LogP contribution in [0.2, 0.25) is 0 Å². The fourth-order valence-corrected chi connectivity index (χ4v) is 1.05. The van der Waals surface area contributed by atoms with Crippen LogP contribution >= 0.6 is 11.8 Å². The number of thioether (sulfide) groups is 1. The molecule has 0 unspecified atom stereocenters. The highest BCUT2D eigenvalue weighted by atomic mass is 32.2. The molecule has 0 fully saturated rings. The van der Waals surface area contributed by atoms with Crippen molar-refractivity contribution < 1.29 is 4.92 Å². The number of nitrogens with one attached hydrogen (secondary N) is 1. The molecule has 0 spiro atoms. The molecule has 1 N–H and O–H groups in total. The molecule has 0 saturated carbocycles. The van der Waals surface area contributed by atoms with Crippen LogP contribution in [0.3, 0.4) is 0 Å². The van der Waals surface area contributed by atoms with E-state index in [9.17, 15) is 10.1 Å². The molecule has 4 nitrogen and oxygen atoms in total. The molecule has 0 aliphatic rings. The van der Waals surface area contributed by atoms with Crippen LogP contribution in [0.1, 0.15) is 19.8 Å². The van der Waals surface area contributed by atoms with E-state index >= 15 is 0 Å². The minimum atomic E-state index is -0.397. The van der Waals surface area contributed by atoms with Crippen molar-refractivity contribution in [3.63, 3.8) is 0 Å². The topological polar surface area (TPSA) is 55.2 Å². The number of nitro groups is 1. The molecule has 5 heteroatoms. The van der Waals surface area contributed by atoms with Gasteiger partial charge in [0.25, 0.3) is 0 Å². The standard InChI is InChI=1S/C7H14N2O2S/c1-3-4-5-8-7(6-12-2)9(10)11/h6,8H,3-5H2,1-2H3. The molecule has 0 bridgehead atoms. The summed E-state index contributed by atoms with van der Waals surface area (Å²) in [6, 6.07) is 0. The molecule has 0 rings (SSSR count). The summed E-state index contributed by atoms with van der Waals surface area (Å²) in [5, 5.41) is 14.6.